The van der Waals surface area contributed by atoms with Crippen molar-refractivity contribution in [2.75, 3.05) is 12.4 Å². The molecule has 2 N–H and O–H groups in total. The molecule has 0 amide bonds. The van der Waals surface area contributed by atoms with E-state index < -0.39 is 0 Å². The van der Waals surface area contributed by atoms with Crippen LogP contribution >= 0.6 is 0 Å². The Hall–Kier alpha value is -2.02. The van der Waals surface area contributed by atoms with Crippen LogP contribution in [0.3, 0.4) is 0 Å². The molecule has 4 heteroatoms. The van der Waals surface area contributed by atoms with E-state index in [0.29, 0.717) is 11.5 Å². The summed E-state index contributed by atoms with van der Waals surface area (Å²) in [5.74, 6) is 0.713. The molecular weight excluding hydrogens is 164 g/mol. The minimum atomic E-state index is 0.638. The lowest BCUT2D eigenvalue weighted by molar-refractivity contribution is 1.28. The fourth-order valence-corrected chi connectivity index (χ4v) is 1.20. The molecule has 64 valence electrons. The van der Waals surface area contributed by atoms with Gasteiger partial charge >= 0.3 is 0 Å². The zero-order chi connectivity index (χ0) is 9.26. The van der Waals surface area contributed by atoms with E-state index in [4.69, 9.17) is 5.26 Å². The zero-order valence-electron chi connectivity index (χ0n) is 7.13. The topological polar surface area (TPSA) is 64.5 Å². The van der Waals surface area contributed by atoms with E-state index in [9.17, 15) is 0 Å². The van der Waals surface area contributed by atoms with E-state index in [1.165, 1.54) is 0 Å². The first kappa shape index (κ1) is 7.62. The van der Waals surface area contributed by atoms with Crippen LogP contribution < -0.4 is 5.32 Å². The number of fused-ring (bicyclic) bond motifs is 1. The molecule has 2 rings (SSSR count). The maximum atomic E-state index is 8.66. The van der Waals surface area contributed by atoms with E-state index in [2.05, 4.69) is 21.4 Å². The quantitative estimate of drug-likeness (QED) is 0.684. The fraction of sp³-hybridized carbons (Fsp3) is 0.111. The number of aromatic nitrogens is 2. The standard InChI is InChI=1S/C9H8N4/c1-11-9-12-7-3-2-6(5-10)4-8(7)13-9/h2-4H,1H3,(H2,11,12,13). The van der Waals surface area contributed by atoms with Crippen LogP contribution in [0.15, 0.2) is 18.2 Å². The molecule has 0 unspecified atom stereocenters. The number of H-pyrrole nitrogens is 1. The first-order valence-corrected chi connectivity index (χ1v) is 3.91. The van der Waals surface area contributed by atoms with Crippen LogP contribution in [0.5, 0.6) is 0 Å². The highest BCUT2D eigenvalue weighted by molar-refractivity contribution is 5.78. The molecule has 1 aromatic heterocycles. The van der Waals surface area contributed by atoms with E-state index >= 15 is 0 Å². The number of aromatic amines is 1. The molecule has 0 saturated carbocycles. The monoisotopic (exact) mass is 172 g/mol. The smallest absolute Gasteiger partial charge is 0.200 e. The SMILES string of the molecule is CNc1nc2ccc(C#N)cc2[nH]1. The number of hydrogen-bond acceptors (Lipinski definition) is 3. The Morgan fingerprint density at radius 1 is 1.54 bits per heavy atom. The molecule has 0 spiro atoms. The van der Waals surface area contributed by atoms with Crippen molar-refractivity contribution in [3.63, 3.8) is 0 Å². The van der Waals surface area contributed by atoms with E-state index in [0.717, 1.165) is 11.0 Å². The maximum Gasteiger partial charge on any atom is 0.200 e. The third-order valence-electron chi connectivity index (χ3n) is 1.85. The zero-order valence-corrected chi connectivity index (χ0v) is 7.13. The summed E-state index contributed by atoms with van der Waals surface area (Å²) < 4.78 is 0. The number of imidazole rings is 1. The summed E-state index contributed by atoms with van der Waals surface area (Å²) in [6.07, 6.45) is 0. The molecule has 2 aromatic rings. The largest absolute Gasteiger partial charge is 0.359 e. The number of nitrogens with one attached hydrogen (secondary N) is 2. The normalized spacial score (nSPS) is 9.85. The summed E-state index contributed by atoms with van der Waals surface area (Å²) in [7, 11) is 1.79. The van der Waals surface area contributed by atoms with Crippen molar-refractivity contribution in [1.29, 1.82) is 5.26 Å². The van der Waals surface area contributed by atoms with Crippen LogP contribution in [-0.2, 0) is 0 Å². The molecule has 1 heterocycles. The van der Waals surface area contributed by atoms with Gasteiger partial charge in [-0.2, -0.15) is 5.26 Å². The lowest BCUT2D eigenvalue weighted by Gasteiger charge is -1.87. The second-order valence-corrected chi connectivity index (χ2v) is 2.68. The maximum absolute atomic E-state index is 8.66. The Balaban J connectivity index is 2.65. The summed E-state index contributed by atoms with van der Waals surface area (Å²) >= 11 is 0. The van der Waals surface area contributed by atoms with Crippen molar-refractivity contribution < 1.29 is 0 Å². The third kappa shape index (κ3) is 1.20. The number of nitrogens with zero attached hydrogens (tertiary/aromatic N) is 2. The molecule has 0 aliphatic rings. The highest BCUT2D eigenvalue weighted by atomic mass is 15.1. The molecule has 0 atom stereocenters. The molecular formula is C9H8N4. The molecule has 0 fully saturated rings. The van der Waals surface area contributed by atoms with Gasteiger partial charge in [-0.25, -0.2) is 4.98 Å². The van der Waals surface area contributed by atoms with Crippen LogP contribution in [0.4, 0.5) is 5.95 Å². The lowest BCUT2D eigenvalue weighted by Crippen LogP contribution is -1.88. The van der Waals surface area contributed by atoms with Crippen LogP contribution in [-0.4, -0.2) is 17.0 Å². The average Bonchev–Trinajstić information content (AvgIpc) is 2.58. The van der Waals surface area contributed by atoms with Gasteiger partial charge in [0, 0.05) is 7.05 Å². The van der Waals surface area contributed by atoms with Crippen molar-refractivity contribution in [2.45, 2.75) is 0 Å². The molecule has 0 radical (unpaired) electrons. The Kier molecular flexibility index (Phi) is 1.64. The molecule has 0 aliphatic heterocycles. The molecule has 0 aliphatic carbocycles. The second kappa shape index (κ2) is 2.79. The Morgan fingerprint density at radius 3 is 3.08 bits per heavy atom. The van der Waals surface area contributed by atoms with E-state index in [1.807, 2.05) is 6.07 Å². The highest BCUT2D eigenvalue weighted by Crippen LogP contribution is 2.14. The van der Waals surface area contributed by atoms with Gasteiger partial charge in [-0.05, 0) is 18.2 Å². The Morgan fingerprint density at radius 2 is 2.38 bits per heavy atom. The van der Waals surface area contributed by atoms with Gasteiger partial charge in [-0.3, -0.25) is 0 Å². The van der Waals surface area contributed by atoms with Crippen LogP contribution in [0.25, 0.3) is 11.0 Å². The first-order chi connectivity index (χ1) is 6.33. The molecule has 4 nitrogen and oxygen atoms in total. The fourth-order valence-electron chi connectivity index (χ4n) is 1.20. The second-order valence-electron chi connectivity index (χ2n) is 2.68. The van der Waals surface area contributed by atoms with Gasteiger partial charge in [0.15, 0.2) is 0 Å². The van der Waals surface area contributed by atoms with Gasteiger partial charge in [-0.1, -0.05) is 0 Å². The number of benzene rings is 1. The van der Waals surface area contributed by atoms with Crippen molar-refractivity contribution in [3.05, 3.63) is 23.8 Å². The Labute approximate surface area is 75.2 Å². The number of anilines is 1. The Bertz CT molecular complexity index is 478. The summed E-state index contributed by atoms with van der Waals surface area (Å²) in [6, 6.07) is 7.44. The minimum Gasteiger partial charge on any atom is -0.359 e. The van der Waals surface area contributed by atoms with Crippen LogP contribution in [0.2, 0.25) is 0 Å². The van der Waals surface area contributed by atoms with Gasteiger partial charge in [0.2, 0.25) is 5.95 Å². The summed E-state index contributed by atoms with van der Waals surface area (Å²) in [4.78, 5) is 7.28. The van der Waals surface area contributed by atoms with Gasteiger partial charge in [0.25, 0.3) is 0 Å². The average molecular weight is 172 g/mol. The predicted octanol–water partition coefficient (Wildman–Crippen LogP) is 1.48. The number of nitriles is 1. The molecule has 0 saturated heterocycles. The molecule has 1 aromatic carbocycles. The van der Waals surface area contributed by atoms with Gasteiger partial charge < -0.3 is 10.3 Å². The first-order valence-electron chi connectivity index (χ1n) is 3.91. The van der Waals surface area contributed by atoms with Crippen molar-refractivity contribution in [1.82, 2.24) is 9.97 Å². The number of rotatable bonds is 1. The van der Waals surface area contributed by atoms with Crippen molar-refractivity contribution in [3.8, 4) is 6.07 Å². The molecule has 13 heavy (non-hydrogen) atoms. The van der Waals surface area contributed by atoms with Gasteiger partial charge in [0.05, 0.1) is 22.7 Å². The lowest BCUT2D eigenvalue weighted by atomic mass is 10.2. The summed E-state index contributed by atoms with van der Waals surface area (Å²) in [5.41, 5.74) is 2.38. The highest BCUT2D eigenvalue weighted by Gasteiger charge is 2.00. The van der Waals surface area contributed by atoms with Gasteiger partial charge in [-0.15, -0.1) is 0 Å². The summed E-state index contributed by atoms with van der Waals surface area (Å²) in [5, 5.41) is 11.6. The van der Waals surface area contributed by atoms with Crippen LogP contribution in [0, 0.1) is 11.3 Å². The number of hydrogen-bond donors (Lipinski definition) is 2. The van der Waals surface area contributed by atoms with Gasteiger partial charge in [0.1, 0.15) is 0 Å². The van der Waals surface area contributed by atoms with Crippen molar-refractivity contribution in [2.24, 2.45) is 0 Å². The molecule has 0 bridgehead atoms. The minimum absolute atomic E-state index is 0.638. The van der Waals surface area contributed by atoms with E-state index in [1.54, 1.807) is 19.2 Å². The predicted molar refractivity (Wildman–Crippen MR) is 50.4 cm³/mol. The van der Waals surface area contributed by atoms with Crippen molar-refractivity contribution >= 4 is 17.0 Å². The van der Waals surface area contributed by atoms with E-state index in [-0.39, 0.29) is 0 Å². The summed E-state index contributed by atoms with van der Waals surface area (Å²) in [6.45, 7) is 0. The third-order valence-corrected chi connectivity index (χ3v) is 1.85. The van der Waals surface area contributed by atoms with Crippen LogP contribution in [0.1, 0.15) is 5.56 Å².